The molecule has 0 aromatic carbocycles. The van der Waals surface area contributed by atoms with Gasteiger partial charge in [-0.05, 0) is 64.2 Å². The minimum absolute atomic E-state index is 0.0308. The van der Waals surface area contributed by atoms with Crippen LogP contribution in [-0.2, 0) is 14.3 Å². The highest BCUT2D eigenvalue weighted by Gasteiger charge is 2.18. The second-order valence-electron chi connectivity index (χ2n) is 15.4. The predicted molar refractivity (Wildman–Crippen MR) is 227 cm³/mol. The first-order valence-electron chi connectivity index (χ1n) is 22.8. The summed E-state index contributed by atoms with van der Waals surface area (Å²) in [6, 6.07) is -0.641. The van der Waals surface area contributed by atoms with Crippen molar-refractivity contribution in [1.29, 1.82) is 0 Å². The number of amides is 1. The lowest BCUT2D eigenvalue weighted by Gasteiger charge is -2.20. The number of nitrogens with one attached hydrogen (secondary N) is 1. The van der Waals surface area contributed by atoms with Crippen molar-refractivity contribution in [1.82, 2.24) is 5.32 Å². The highest BCUT2D eigenvalue weighted by molar-refractivity contribution is 5.76. The summed E-state index contributed by atoms with van der Waals surface area (Å²) in [6.45, 7) is 4.79. The highest BCUT2D eigenvalue weighted by Crippen LogP contribution is 2.14. The van der Waals surface area contributed by atoms with Gasteiger partial charge in [-0.15, -0.1) is 0 Å². The summed E-state index contributed by atoms with van der Waals surface area (Å²) >= 11 is 0. The fourth-order valence-corrected chi connectivity index (χ4v) is 6.60. The summed E-state index contributed by atoms with van der Waals surface area (Å²) < 4.78 is 5.44. The number of unbranched alkanes of at least 4 members (excludes halogenated alkanes) is 26. The normalized spacial score (nSPS) is 13.1. The van der Waals surface area contributed by atoms with E-state index in [2.05, 4.69) is 43.5 Å². The van der Waals surface area contributed by atoms with E-state index >= 15 is 0 Å². The van der Waals surface area contributed by atoms with Crippen molar-refractivity contribution in [2.45, 2.75) is 238 Å². The number of rotatable bonds is 41. The lowest BCUT2D eigenvalue weighted by atomic mass is 10.0. The van der Waals surface area contributed by atoms with E-state index in [9.17, 15) is 19.8 Å². The fourth-order valence-electron chi connectivity index (χ4n) is 6.60. The van der Waals surface area contributed by atoms with Crippen LogP contribution in [0.25, 0.3) is 0 Å². The van der Waals surface area contributed by atoms with Crippen molar-refractivity contribution in [3.05, 3.63) is 36.5 Å². The van der Waals surface area contributed by atoms with Gasteiger partial charge in [0.25, 0.3) is 0 Å². The molecule has 1 amide bonds. The Hall–Kier alpha value is -1.92. The van der Waals surface area contributed by atoms with Gasteiger partial charge >= 0.3 is 5.97 Å². The molecule has 2 unspecified atom stereocenters. The molecular formula is C47H87NO5. The molecule has 0 saturated heterocycles. The maximum atomic E-state index is 12.3. The summed E-state index contributed by atoms with van der Waals surface area (Å²) in [4.78, 5) is 24.3. The molecule has 0 radical (unpaired) electrons. The van der Waals surface area contributed by atoms with Crippen molar-refractivity contribution in [2.75, 3.05) is 13.2 Å². The molecular weight excluding hydrogens is 659 g/mol. The lowest BCUT2D eigenvalue weighted by Crippen LogP contribution is -2.45. The van der Waals surface area contributed by atoms with E-state index in [1.54, 1.807) is 6.08 Å². The van der Waals surface area contributed by atoms with E-state index in [1.165, 1.54) is 128 Å². The van der Waals surface area contributed by atoms with Gasteiger partial charge in [0.15, 0.2) is 0 Å². The Balaban J connectivity index is 3.51. The number of esters is 1. The lowest BCUT2D eigenvalue weighted by molar-refractivity contribution is -0.143. The Morgan fingerprint density at radius 1 is 0.528 bits per heavy atom. The molecule has 0 aliphatic heterocycles. The third-order valence-corrected chi connectivity index (χ3v) is 10.2. The first kappa shape index (κ1) is 51.1. The third kappa shape index (κ3) is 39.6. The van der Waals surface area contributed by atoms with Crippen molar-refractivity contribution >= 4 is 11.9 Å². The van der Waals surface area contributed by atoms with E-state index in [0.29, 0.717) is 19.4 Å². The van der Waals surface area contributed by atoms with Crippen LogP contribution in [0.1, 0.15) is 226 Å². The topological polar surface area (TPSA) is 95.9 Å². The van der Waals surface area contributed by atoms with E-state index in [-0.39, 0.29) is 18.5 Å². The first-order chi connectivity index (χ1) is 26.0. The monoisotopic (exact) mass is 746 g/mol. The summed E-state index contributed by atoms with van der Waals surface area (Å²) in [5, 5.41) is 22.9. The minimum atomic E-state index is -0.855. The van der Waals surface area contributed by atoms with Crippen LogP contribution in [0.2, 0.25) is 0 Å². The number of hydrogen-bond donors (Lipinski definition) is 3. The van der Waals surface area contributed by atoms with Gasteiger partial charge in [0.2, 0.25) is 5.91 Å². The summed E-state index contributed by atoms with van der Waals surface area (Å²) in [7, 11) is 0. The minimum Gasteiger partial charge on any atom is -0.466 e. The molecule has 0 aliphatic rings. The molecule has 0 heterocycles. The zero-order valence-corrected chi connectivity index (χ0v) is 35.0. The standard InChI is InChI=1S/C47H87NO5/c1-3-5-7-9-11-13-15-16-17-18-21-25-29-33-37-41-47(52)53-42-38-34-30-26-22-19-20-24-28-32-36-40-46(51)48-44(43-49)45(50)39-35-31-27-23-14-12-10-8-6-4-2/h11,13,16-17,35,39,44-45,49-50H,3-10,12,14-15,18-34,36-38,40-43H2,1-2H3,(H,48,51)/b13-11-,17-16-,39-35+. The van der Waals surface area contributed by atoms with Crippen molar-refractivity contribution in [3.63, 3.8) is 0 Å². The maximum Gasteiger partial charge on any atom is 0.305 e. The first-order valence-corrected chi connectivity index (χ1v) is 22.8. The third-order valence-electron chi connectivity index (χ3n) is 10.2. The van der Waals surface area contributed by atoms with Crippen LogP contribution < -0.4 is 5.32 Å². The van der Waals surface area contributed by atoms with Gasteiger partial charge in [0.1, 0.15) is 0 Å². The average molecular weight is 746 g/mol. The molecule has 0 saturated carbocycles. The second kappa shape index (κ2) is 42.8. The molecule has 310 valence electrons. The molecule has 0 bridgehead atoms. The molecule has 0 rings (SSSR count). The number of carbonyl (C=O) groups is 2. The SMILES string of the molecule is CCCCC/C=C\C/C=C\CCCCCCCC(=O)OCCCCCCCCCCCCCC(=O)NC(CO)C(O)/C=C/CCCCCCCCCC. The van der Waals surface area contributed by atoms with Crippen LogP contribution in [0, 0.1) is 0 Å². The second-order valence-corrected chi connectivity index (χ2v) is 15.4. The molecule has 0 spiro atoms. The molecule has 2 atom stereocenters. The van der Waals surface area contributed by atoms with E-state index in [1.807, 2.05) is 6.08 Å². The molecule has 6 heteroatoms. The van der Waals surface area contributed by atoms with Gasteiger partial charge in [-0.1, -0.05) is 185 Å². The molecule has 6 nitrogen and oxygen atoms in total. The number of hydrogen-bond acceptors (Lipinski definition) is 5. The Bertz CT molecular complexity index is 869. The van der Waals surface area contributed by atoms with Crippen LogP contribution >= 0.6 is 0 Å². The molecule has 0 fully saturated rings. The van der Waals surface area contributed by atoms with Crippen LogP contribution in [0.4, 0.5) is 0 Å². The summed E-state index contributed by atoms with van der Waals surface area (Å²) in [5.41, 5.74) is 0. The van der Waals surface area contributed by atoms with Crippen LogP contribution in [-0.4, -0.2) is 47.4 Å². The van der Waals surface area contributed by atoms with Crippen molar-refractivity contribution in [2.24, 2.45) is 0 Å². The number of aliphatic hydroxyl groups is 2. The van der Waals surface area contributed by atoms with Crippen LogP contribution in [0.5, 0.6) is 0 Å². The molecule has 53 heavy (non-hydrogen) atoms. The zero-order valence-electron chi connectivity index (χ0n) is 35.0. The van der Waals surface area contributed by atoms with Gasteiger partial charge in [-0.3, -0.25) is 9.59 Å². The summed E-state index contributed by atoms with van der Waals surface area (Å²) in [5.74, 6) is -0.122. The fraction of sp³-hybridized carbons (Fsp3) is 0.830. The van der Waals surface area contributed by atoms with E-state index in [0.717, 1.165) is 70.6 Å². The predicted octanol–water partition coefficient (Wildman–Crippen LogP) is 12.9. The average Bonchev–Trinajstić information content (AvgIpc) is 3.16. The Kier molecular flexibility index (Phi) is 41.3. The van der Waals surface area contributed by atoms with Gasteiger partial charge in [-0.25, -0.2) is 0 Å². The van der Waals surface area contributed by atoms with Gasteiger partial charge in [0.05, 0.1) is 25.4 Å². The van der Waals surface area contributed by atoms with Gasteiger partial charge in [0, 0.05) is 12.8 Å². The molecule has 0 aromatic heterocycles. The highest BCUT2D eigenvalue weighted by atomic mass is 16.5. The smallest absolute Gasteiger partial charge is 0.305 e. The largest absolute Gasteiger partial charge is 0.466 e. The number of ether oxygens (including phenoxy) is 1. The van der Waals surface area contributed by atoms with E-state index in [4.69, 9.17) is 4.74 Å². The number of allylic oxidation sites excluding steroid dienone is 5. The van der Waals surface area contributed by atoms with Gasteiger partial charge in [-0.2, -0.15) is 0 Å². The van der Waals surface area contributed by atoms with E-state index < -0.39 is 12.1 Å². The van der Waals surface area contributed by atoms with Gasteiger partial charge < -0.3 is 20.3 Å². The maximum absolute atomic E-state index is 12.3. The van der Waals surface area contributed by atoms with Crippen molar-refractivity contribution in [3.8, 4) is 0 Å². The summed E-state index contributed by atoms with van der Waals surface area (Å²) in [6.07, 6.45) is 49.8. The number of carbonyl (C=O) groups excluding carboxylic acids is 2. The van der Waals surface area contributed by atoms with Crippen molar-refractivity contribution < 1.29 is 24.5 Å². The number of aliphatic hydroxyl groups excluding tert-OH is 2. The Labute approximate surface area is 328 Å². The molecule has 0 aliphatic carbocycles. The Morgan fingerprint density at radius 3 is 1.47 bits per heavy atom. The molecule has 0 aromatic rings. The van der Waals surface area contributed by atoms with Crippen LogP contribution in [0.3, 0.4) is 0 Å². The quantitative estimate of drug-likeness (QED) is 0.0329. The van der Waals surface area contributed by atoms with Crippen LogP contribution in [0.15, 0.2) is 36.5 Å². The Morgan fingerprint density at radius 2 is 0.943 bits per heavy atom. The molecule has 3 N–H and O–H groups in total. The zero-order chi connectivity index (χ0) is 38.7.